The van der Waals surface area contributed by atoms with E-state index in [0.717, 1.165) is 18.4 Å². The Balaban J connectivity index is 2.09. The van der Waals surface area contributed by atoms with Crippen LogP contribution in [0.4, 0.5) is 0 Å². The Morgan fingerprint density at radius 1 is 1.38 bits per heavy atom. The first-order valence-corrected chi connectivity index (χ1v) is 9.47. The molecule has 0 saturated carbocycles. The van der Waals surface area contributed by atoms with E-state index in [9.17, 15) is 9.90 Å². The van der Waals surface area contributed by atoms with Crippen molar-refractivity contribution in [2.75, 3.05) is 6.61 Å². The molecular weight excluding hydrogens is 328 g/mol. The molecular formula is C22H30O4. The number of allylic oxidation sites excluding steroid dienone is 2. The van der Waals surface area contributed by atoms with E-state index in [1.807, 2.05) is 19.9 Å². The lowest BCUT2D eigenvalue weighted by Gasteiger charge is -2.47. The van der Waals surface area contributed by atoms with Crippen LogP contribution in [0.15, 0.2) is 23.8 Å². The third-order valence-corrected chi connectivity index (χ3v) is 6.01. The van der Waals surface area contributed by atoms with E-state index in [0.29, 0.717) is 23.8 Å². The van der Waals surface area contributed by atoms with Crippen LogP contribution in [-0.2, 0) is 14.9 Å². The van der Waals surface area contributed by atoms with Gasteiger partial charge in [-0.05, 0) is 72.1 Å². The fourth-order valence-electron chi connectivity index (χ4n) is 4.35. The van der Waals surface area contributed by atoms with Crippen LogP contribution in [0.5, 0.6) is 11.5 Å². The predicted octanol–water partition coefficient (Wildman–Crippen LogP) is 4.84. The maximum Gasteiger partial charge on any atom is 0.315 e. The lowest BCUT2D eigenvalue weighted by atomic mass is 9.67. The van der Waals surface area contributed by atoms with E-state index in [4.69, 9.17) is 9.47 Å². The highest BCUT2D eigenvalue weighted by molar-refractivity contribution is 5.82. The summed E-state index contributed by atoms with van der Waals surface area (Å²) < 4.78 is 11.6. The fourth-order valence-corrected chi connectivity index (χ4v) is 4.35. The number of hydrogen-bond donors (Lipinski definition) is 1. The van der Waals surface area contributed by atoms with E-state index < -0.39 is 5.41 Å². The van der Waals surface area contributed by atoms with Crippen molar-refractivity contribution in [2.45, 2.75) is 71.3 Å². The maximum absolute atomic E-state index is 12.4. The number of esters is 1. The summed E-state index contributed by atoms with van der Waals surface area (Å²) in [6.07, 6.45) is 4.17. The molecule has 1 aliphatic carbocycles. The number of rotatable bonds is 3. The van der Waals surface area contributed by atoms with E-state index in [2.05, 4.69) is 26.8 Å². The monoisotopic (exact) mass is 358 g/mol. The van der Waals surface area contributed by atoms with Gasteiger partial charge in [0.1, 0.15) is 17.1 Å². The summed E-state index contributed by atoms with van der Waals surface area (Å²) in [5.74, 6) is 1.17. The van der Waals surface area contributed by atoms with Crippen molar-refractivity contribution < 1.29 is 19.4 Å². The first-order chi connectivity index (χ1) is 12.1. The van der Waals surface area contributed by atoms with Crippen molar-refractivity contribution in [3.63, 3.8) is 0 Å². The van der Waals surface area contributed by atoms with Gasteiger partial charge in [-0.25, -0.2) is 0 Å². The third kappa shape index (κ3) is 3.00. The van der Waals surface area contributed by atoms with Gasteiger partial charge in [-0.3, -0.25) is 4.79 Å². The summed E-state index contributed by atoms with van der Waals surface area (Å²) in [5, 5.41) is 10.9. The fraction of sp³-hybridized carbons (Fsp3) is 0.591. The number of hydrogen-bond acceptors (Lipinski definition) is 4. The van der Waals surface area contributed by atoms with Crippen molar-refractivity contribution >= 4 is 5.97 Å². The number of phenols is 1. The van der Waals surface area contributed by atoms with E-state index in [-0.39, 0.29) is 23.2 Å². The third-order valence-electron chi connectivity index (χ3n) is 6.01. The molecule has 4 nitrogen and oxygen atoms in total. The van der Waals surface area contributed by atoms with Gasteiger partial charge in [-0.2, -0.15) is 0 Å². The summed E-state index contributed by atoms with van der Waals surface area (Å²) in [6, 6.07) is 3.62. The Morgan fingerprint density at radius 3 is 2.73 bits per heavy atom. The Kier molecular flexibility index (Phi) is 4.58. The molecule has 3 rings (SSSR count). The zero-order valence-corrected chi connectivity index (χ0v) is 16.7. The minimum atomic E-state index is -0.852. The smallest absolute Gasteiger partial charge is 0.315 e. The van der Waals surface area contributed by atoms with Gasteiger partial charge in [0.05, 0.1) is 12.0 Å². The Morgan fingerprint density at radius 2 is 2.08 bits per heavy atom. The highest BCUT2D eigenvalue weighted by Gasteiger charge is 2.46. The van der Waals surface area contributed by atoms with Crippen molar-refractivity contribution in [3.05, 3.63) is 34.9 Å². The van der Waals surface area contributed by atoms with Crippen molar-refractivity contribution in [1.29, 1.82) is 0 Å². The standard InChI is InChI=1S/C22H30O4/c1-7-25-20(24)21(3,4)14-11-17(23)19-15-10-13(2)8-9-16(15)22(5,6)26-18(19)12-14/h8,11-12,15-16,23H,7,9-10H2,1-6H3/t15-,16-/m1/s1. The van der Waals surface area contributed by atoms with Gasteiger partial charge in [0.15, 0.2) is 0 Å². The summed E-state index contributed by atoms with van der Waals surface area (Å²) in [6.45, 7) is 12.1. The highest BCUT2D eigenvalue weighted by atomic mass is 16.5. The molecule has 0 saturated heterocycles. The van der Waals surface area contributed by atoms with Gasteiger partial charge in [0, 0.05) is 17.4 Å². The maximum atomic E-state index is 12.4. The molecule has 1 aromatic rings. The van der Waals surface area contributed by atoms with Gasteiger partial charge in [-0.1, -0.05) is 11.6 Å². The molecule has 1 heterocycles. The molecule has 4 heteroatoms. The van der Waals surface area contributed by atoms with Crippen LogP contribution < -0.4 is 4.74 Å². The zero-order valence-electron chi connectivity index (χ0n) is 16.7. The molecule has 0 unspecified atom stereocenters. The summed E-state index contributed by atoms with van der Waals surface area (Å²) in [7, 11) is 0. The van der Waals surface area contributed by atoms with E-state index >= 15 is 0 Å². The van der Waals surface area contributed by atoms with Crippen LogP contribution >= 0.6 is 0 Å². The van der Waals surface area contributed by atoms with Crippen LogP contribution in [0.2, 0.25) is 0 Å². The summed E-state index contributed by atoms with van der Waals surface area (Å²) >= 11 is 0. The van der Waals surface area contributed by atoms with Crippen LogP contribution in [0, 0.1) is 5.92 Å². The molecule has 0 amide bonds. The Labute approximate surface area is 156 Å². The quantitative estimate of drug-likeness (QED) is 0.620. The number of fused-ring (bicyclic) bond motifs is 3. The van der Waals surface area contributed by atoms with Crippen molar-refractivity contribution in [3.8, 4) is 11.5 Å². The number of aromatic hydroxyl groups is 1. The van der Waals surface area contributed by atoms with Crippen LogP contribution in [-0.4, -0.2) is 23.3 Å². The number of phenolic OH excluding ortho intramolecular Hbond substituents is 1. The van der Waals surface area contributed by atoms with Crippen molar-refractivity contribution in [2.24, 2.45) is 5.92 Å². The number of ether oxygens (including phenoxy) is 2. The first-order valence-electron chi connectivity index (χ1n) is 9.47. The predicted molar refractivity (Wildman–Crippen MR) is 102 cm³/mol. The largest absolute Gasteiger partial charge is 0.508 e. The first kappa shape index (κ1) is 18.8. The van der Waals surface area contributed by atoms with Crippen LogP contribution in [0.25, 0.3) is 0 Å². The number of carbonyl (C=O) groups excluding carboxylic acids is 1. The second kappa shape index (κ2) is 6.33. The molecule has 0 fully saturated rings. The molecule has 0 radical (unpaired) electrons. The minimum Gasteiger partial charge on any atom is -0.508 e. The molecule has 0 bridgehead atoms. The second-order valence-electron chi connectivity index (χ2n) is 8.66. The van der Waals surface area contributed by atoms with Gasteiger partial charge in [0.25, 0.3) is 0 Å². The summed E-state index contributed by atoms with van der Waals surface area (Å²) in [4.78, 5) is 12.4. The van der Waals surface area contributed by atoms with Crippen molar-refractivity contribution in [1.82, 2.24) is 0 Å². The topological polar surface area (TPSA) is 55.8 Å². The normalized spacial score (nSPS) is 24.0. The molecule has 26 heavy (non-hydrogen) atoms. The molecule has 142 valence electrons. The van der Waals surface area contributed by atoms with E-state index in [1.54, 1.807) is 13.0 Å². The average molecular weight is 358 g/mol. The lowest BCUT2D eigenvalue weighted by molar-refractivity contribution is -0.148. The second-order valence-corrected chi connectivity index (χ2v) is 8.66. The van der Waals surface area contributed by atoms with Gasteiger partial charge in [-0.15, -0.1) is 0 Å². The average Bonchev–Trinajstić information content (AvgIpc) is 2.53. The van der Waals surface area contributed by atoms with E-state index in [1.165, 1.54) is 5.57 Å². The molecule has 2 atom stereocenters. The molecule has 0 spiro atoms. The zero-order chi connectivity index (χ0) is 19.3. The Hall–Kier alpha value is -1.97. The summed E-state index contributed by atoms with van der Waals surface area (Å²) in [5.41, 5.74) is 1.77. The van der Waals surface area contributed by atoms with Crippen LogP contribution in [0.1, 0.15) is 71.4 Å². The molecule has 1 N–H and O–H groups in total. The van der Waals surface area contributed by atoms with Gasteiger partial charge >= 0.3 is 5.97 Å². The molecule has 2 aliphatic rings. The number of carbonyl (C=O) groups is 1. The molecule has 1 aliphatic heterocycles. The van der Waals surface area contributed by atoms with Crippen LogP contribution in [0.3, 0.4) is 0 Å². The lowest BCUT2D eigenvalue weighted by Crippen LogP contribution is -2.45. The van der Waals surface area contributed by atoms with Gasteiger partial charge < -0.3 is 14.6 Å². The number of benzene rings is 1. The Bertz CT molecular complexity index is 758. The minimum absolute atomic E-state index is 0.218. The molecule has 0 aromatic heterocycles. The van der Waals surface area contributed by atoms with Gasteiger partial charge in [0.2, 0.25) is 0 Å². The highest BCUT2D eigenvalue weighted by Crippen LogP contribution is 2.54. The SMILES string of the molecule is CCOC(=O)C(C)(C)c1cc(O)c2c(c1)OC(C)(C)[C@@H]1CC=C(C)C[C@@H]21. The molecule has 1 aromatic carbocycles.